The molecule has 1 fully saturated rings. The molecular formula is C21H17F3N2O4S. The monoisotopic (exact) mass is 450 g/mol. The van der Waals surface area contributed by atoms with Crippen LogP contribution in [0.5, 0.6) is 0 Å². The Hall–Kier alpha value is -3.01. The number of hydrogen-bond donors (Lipinski definition) is 1. The number of nitrogens with one attached hydrogen (secondary N) is 1. The molecule has 1 aromatic carbocycles. The SMILES string of the molecule is O=C1CCC(N2Cc3c(csc3CCC(=O)C(F)(F)c3ccc(F)cc3)C2=O)C(=O)N1. The highest BCUT2D eigenvalue weighted by molar-refractivity contribution is 7.10. The second-order valence-corrected chi connectivity index (χ2v) is 8.42. The highest BCUT2D eigenvalue weighted by atomic mass is 32.1. The molecule has 0 spiro atoms. The molecule has 0 saturated carbocycles. The fraction of sp³-hybridized carbons (Fsp3) is 0.333. The zero-order chi connectivity index (χ0) is 22.3. The zero-order valence-electron chi connectivity index (χ0n) is 16.1. The summed E-state index contributed by atoms with van der Waals surface area (Å²) in [4.78, 5) is 50.3. The fourth-order valence-electron chi connectivity index (χ4n) is 3.82. The summed E-state index contributed by atoms with van der Waals surface area (Å²) >= 11 is 1.21. The molecule has 0 radical (unpaired) electrons. The Morgan fingerprint density at radius 3 is 2.58 bits per heavy atom. The van der Waals surface area contributed by atoms with E-state index >= 15 is 0 Å². The predicted molar refractivity (Wildman–Crippen MR) is 104 cm³/mol. The van der Waals surface area contributed by atoms with Gasteiger partial charge in [0.05, 0.1) is 5.56 Å². The number of thiophene rings is 1. The number of benzene rings is 1. The number of ketones is 1. The molecule has 1 saturated heterocycles. The molecule has 1 atom stereocenters. The number of Topliss-reactive ketones (excluding diaryl/α,β-unsaturated/α-hetero) is 1. The predicted octanol–water partition coefficient (Wildman–Crippen LogP) is 2.94. The number of alkyl halides is 2. The van der Waals surface area contributed by atoms with Gasteiger partial charge < -0.3 is 4.90 Å². The molecule has 2 aliphatic heterocycles. The number of carbonyl (C=O) groups is 4. The summed E-state index contributed by atoms with van der Waals surface area (Å²) < 4.78 is 41.8. The fourth-order valence-corrected chi connectivity index (χ4v) is 4.86. The molecule has 1 N–H and O–H groups in total. The third-order valence-corrected chi connectivity index (χ3v) is 6.61. The van der Waals surface area contributed by atoms with Crippen molar-refractivity contribution < 1.29 is 32.3 Å². The number of nitrogens with zero attached hydrogens (tertiary/aromatic N) is 1. The summed E-state index contributed by atoms with van der Waals surface area (Å²) in [6.45, 7) is 0.127. The van der Waals surface area contributed by atoms with Crippen LogP contribution in [0.15, 0.2) is 29.6 Å². The van der Waals surface area contributed by atoms with E-state index in [1.807, 2.05) is 0 Å². The average molecular weight is 450 g/mol. The summed E-state index contributed by atoms with van der Waals surface area (Å²) in [6.07, 6.45) is -0.0787. The summed E-state index contributed by atoms with van der Waals surface area (Å²) in [5.41, 5.74) is 0.439. The maximum Gasteiger partial charge on any atom is 0.330 e. The smallest absolute Gasteiger partial charge is 0.322 e. The Morgan fingerprint density at radius 1 is 1.19 bits per heavy atom. The van der Waals surface area contributed by atoms with Crippen LogP contribution in [0.25, 0.3) is 0 Å². The summed E-state index contributed by atoms with van der Waals surface area (Å²) in [5.74, 6) is -6.99. The molecule has 2 aliphatic rings. The van der Waals surface area contributed by atoms with E-state index in [0.717, 1.165) is 24.3 Å². The average Bonchev–Trinajstić information content (AvgIpc) is 3.26. The lowest BCUT2D eigenvalue weighted by molar-refractivity contribution is -0.144. The van der Waals surface area contributed by atoms with Crippen LogP contribution in [0.3, 0.4) is 0 Å². The van der Waals surface area contributed by atoms with Gasteiger partial charge in [-0.05, 0) is 42.7 Å². The first kappa shape index (κ1) is 21.2. The quantitative estimate of drug-likeness (QED) is 0.686. The molecule has 10 heteroatoms. The topological polar surface area (TPSA) is 83.6 Å². The Kier molecular flexibility index (Phi) is 5.42. The van der Waals surface area contributed by atoms with E-state index < -0.39 is 41.5 Å². The van der Waals surface area contributed by atoms with E-state index in [-0.39, 0.29) is 37.6 Å². The first-order valence-electron chi connectivity index (χ1n) is 9.59. The minimum absolute atomic E-state index is 0.0199. The molecule has 3 amide bonds. The summed E-state index contributed by atoms with van der Waals surface area (Å²) in [6, 6.07) is 2.74. The van der Waals surface area contributed by atoms with E-state index in [9.17, 15) is 32.3 Å². The van der Waals surface area contributed by atoms with Crippen LogP contribution in [0, 0.1) is 5.82 Å². The maximum atomic E-state index is 14.4. The van der Waals surface area contributed by atoms with E-state index in [0.29, 0.717) is 16.0 Å². The number of amides is 3. The first-order valence-corrected chi connectivity index (χ1v) is 10.5. The van der Waals surface area contributed by atoms with Crippen molar-refractivity contribution in [2.45, 2.75) is 44.2 Å². The van der Waals surface area contributed by atoms with Gasteiger partial charge in [-0.25, -0.2) is 4.39 Å². The number of rotatable bonds is 6. The minimum Gasteiger partial charge on any atom is -0.322 e. The Balaban J connectivity index is 1.45. The zero-order valence-corrected chi connectivity index (χ0v) is 16.9. The Bertz CT molecular complexity index is 1080. The van der Waals surface area contributed by atoms with Gasteiger partial charge in [0, 0.05) is 35.2 Å². The lowest BCUT2D eigenvalue weighted by atomic mass is 10.00. The summed E-state index contributed by atoms with van der Waals surface area (Å²) in [5, 5.41) is 3.81. The lowest BCUT2D eigenvalue weighted by Crippen LogP contribution is -2.52. The van der Waals surface area contributed by atoms with Crippen LogP contribution in [0.1, 0.15) is 45.6 Å². The van der Waals surface area contributed by atoms with Gasteiger partial charge in [0.25, 0.3) is 5.91 Å². The highest BCUT2D eigenvalue weighted by Gasteiger charge is 2.42. The molecule has 1 unspecified atom stereocenters. The van der Waals surface area contributed by atoms with Gasteiger partial charge in [0.2, 0.25) is 17.6 Å². The van der Waals surface area contributed by atoms with Crippen LogP contribution < -0.4 is 5.32 Å². The van der Waals surface area contributed by atoms with Crippen molar-refractivity contribution in [1.29, 1.82) is 0 Å². The lowest BCUT2D eigenvalue weighted by Gasteiger charge is -2.29. The molecule has 1 aromatic heterocycles. The normalized spacial score (nSPS) is 18.9. The molecule has 162 valence electrons. The molecule has 4 rings (SSSR count). The third kappa shape index (κ3) is 3.87. The van der Waals surface area contributed by atoms with Crippen LogP contribution in [0.2, 0.25) is 0 Å². The van der Waals surface area contributed by atoms with Crippen molar-refractivity contribution in [3.8, 4) is 0 Å². The number of carbonyl (C=O) groups excluding carboxylic acids is 4. The second-order valence-electron chi connectivity index (χ2n) is 7.46. The summed E-state index contributed by atoms with van der Waals surface area (Å²) in [7, 11) is 0. The number of halogens is 3. The van der Waals surface area contributed by atoms with Crippen molar-refractivity contribution >= 4 is 34.8 Å². The van der Waals surface area contributed by atoms with Crippen LogP contribution in [-0.2, 0) is 33.3 Å². The first-order chi connectivity index (χ1) is 14.7. The second kappa shape index (κ2) is 7.92. The molecule has 0 bridgehead atoms. The van der Waals surface area contributed by atoms with Crippen LogP contribution >= 0.6 is 11.3 Å². The number of imide groups is 1. The van der Waals surface area contributed by atoms with E-state index in [1.165, 1.54) is 16.2 Å². The van der Waals surface area contributed by atoms with Gasteiger partial charge in [0.15, 0.2) is 0 Å². The molecule has 31 heavy (non-hydrogen) atoms. The van der Waals surface area contributed by atoms with Gasteiger partial charge >= 0.3 is 5.92 Å². The molecule has 0 aliphatic carbocycles. The molecule has 3 heterocycles. The maximum absolute atomic E-state index is 14.4. The number of hydrogen-bond acceptors (Lipinski definition) is 5. The van der Waals surface area contributed by atoms with E-state index in [4.69, 9.17) is 0 Å². The Morgan fingerprint density at radius 2 is 1.90 bits per heavy atom. The van der Waals surface area contributed by atoms with Crippen molar-refractivity contribution in [3.63, 3.8) is 0 Å². The standard InChI is InChI=1S/C21H17F3N2O4S/c22-12-3-1-11(2-4-12)21(23,24)17(27)7-6-16-13-9-26(20(30)14(13)10-31-16)15-5-8-18(28)25-19(15)29/h1-4,10,15H,5-9H2,(H,25,28,29). The van der Waals surface area contributed by atoms with Gasteiger partial charge in [-0.1, -0.05) is 0 Å². The number of piperidine rings is 1. The molecule has 2 aromatic rings. The largest absolute Gasteiger partial charge is 0.330 e. The van der Waals surface area contributed by atoms with Crippen LogP contribution in [-0.4, -0.2) is 34.4 Å². The van der Waals surface area contributed by atoms with E-state index in [1.54, 1.807) is 5.38 Å². The van der Waals surface area contributed by atoms with Crippen molar-refractivity contribution in [3.05, 3.63) is 57.0 Å². The molecular weight excluding hydrogens is 433 g/mol. The third-order valence-electron chi connectivity index (χ3n) is 5.52. The van der Waals surface area contributed by atoms with Crippen molar-refractivity contribution in [2.75, 3.05) is 0 Å². The number of aryl methyl sites for hydroxylation is 1. The van der Waals surface area contributed by atoms with E-state index in [2.05, 4.69) is 5.32 Å². The number of fused-ring (bicyclic) bond motifs is 1. The van der Waals surface area contributed by atoms with Crippen molar-refractivity contribution in [2.24, 2.45) is 0 Å². The van der Waals surface area contributed by atoms with Gasteiger partial charge in [-0.3, -0.25) is 24.5 Å². The van der Waals surface area contributed by atoms with Gasteiger partial charge in [-0.2, -0.15) is 8.78 Å². The molecule has 6 nitrogen and oxygen atoms in total. The minimum atomic E-state index is -3.75. The van der Waals surface area contributed by atoms with Gasteiger partial charge in [0.1, 0.15) is 11.9 Å². The highest BCUT2D eigenvalue weighted by Crippen LogP contribution is 2.36. The van der Waals surface area contributed by atoms with Gasteiger partial charge in [-0.15, -0.1) is 11.3 Å². The van der Waals surface area contributed by atoms with Crippen LogP contribution in [0.4, 0.5) is 13.2 Å². The van der Waals surface area contributed by atoms with Crippen molar-refractivity contribution in [1.82, 2.24) is 10.2 Å². The Labute approximate surface area is 179 Å².